The molecule has 88 valence electrons. The van der Waals surface area contributed by atoms with Gasteiger partial charge in [0.1, 0.15) is 0 Å². The van der Waals surface area contributed by atoms with Gasteiger partial charge in [-0.05, 0) is 31.9 Å². The summed E-state index contributed by atoms with van der Waals surface area (Å²) in [5, 5.41) is 0. The van der Waals surface area contributed by atoms with Crippen LogP contribution in [0.5, 0.6) is 0 Å². The minimum Gasteiger partial charge on any atom is -0.397 e. The average molecular weight is 220 g/mol. The molecule has 0 aliphatic carbocycles. The standard InChI is InChI=1S/C13H20N2O/c1-2-16-11-7-9-15(10-8-11)13-6-4-3-5-12(13)14/h3-6,11H,2,7-10,14H2,1H3. The van der Waals surface area contributed by atoms with Gasteiger partial charge in [-0.25, -0.2) is 0 Å². The molecule has 0 amide bonds. The molecule has 0 bridgehead atoms. The van der Waals surface area contributed by atoms with Crippen molar-refractivity contribution in [3.63, 3.8) is 0 Å². The highest BCUT2D eigenvalue weighted by Gasteiger charge is 2.20. The van der Waals surface area contributed by atoms with E-state index in [-0.39, 0.29) is 0 Å². The highest BCUT2D eigenvalue weighted by atomic mass is 16.5. The number of anilines is 2. The molecule has 0 saturated carbocycles. The lowest BCUT2D eigenvalue weighted by Crippen LogP contribution is -2.37. The third-order valence-corrected chi connectivity index (χ3v) is 3.12. The first-order valence-electron chi connectivity index (χ1n) is 6.02. The second-order valence-electron chi connectivity index (χ2n) is 4.20. The summed E-state index contributed by atoms with van der Waals surface area (Å²) in [6.45, 7) is 4.96. The molecule has 2 rings (SSSR count). The molecule has 0 unspecified atom stereocenters. The van der Waals surface area contributed by atoms with Crippen LogP contribution < -0.4 is 10.6 Å². The summed E-state index contributed by atoms with van der Waals surface area (Å²) in [5.74, 6) is 0. The van der Waals surface area contributed by atoms with E-state index in [0.29, 0.717) is 6.10 Å². The van der Waals surface area contributed by atoms with Gasteiger partial charge in [-0.15, -0.1) is 0 Å². The number of para-hydroxylation sites is 2. The van der Waals surface area contributed by atoms with E-state index in [0.717, 1.165) is 43.9 Å². The summed E-state index contributed by atoms with van der Waals surface area (Å²) in [7, 11) is 0. The lowest BCUT2D eigenvalue weighted by molar-refractivity contribution is 0.0459. The summed E-state index contributed by atoms with van der Waals surface area (Å²) in [6.07, 6.45) is 2.64. The molecule has 1 saturated heterocycles. The van der Waals surface area contributed by atoms with Gasteiger partial charge in [-0.3, -0.25) is 0 Å². The molecule has 1 aromatic rings. The first kappa shape index (κ1) is 11.3. The van der Waals surface area contributed by atoms with Crippen LogP contribution in [-0.2, 0) is 4.74 Å². The van der Waals surface area contributed by atoms with Crippen molar-refractivity contribution in [3.05, 3.63) is 24.3 Å². The lowest BCUT2D eigenvalue weighted by Gasteiger charge is -2.34. The fraction of sp³-hybridized carbons (Fsp3) is 0.538. The number of nitrogens with zero attached hydrogens (tertiary/aromatic N) is 1. The van der Waals surface area contributed by atoms with Crippen LogP contribution in [-0.4, -0.2) is 25.8 Å². The van der Waals surface area contributed by atoms with Gasteiger partial charge in [-0.1, -0.05) is 12.1 Å². The lowest BCUT2D eigenvalue weighted by atomic mass is 10.1. The Balaban J connectivity index is 1.96. The van der Waals surface area contributed by atoms with E-state index < -0.39 is 0 Å². The average Bonchev–Trinajstić information content (AvgIpc) is 2.31. The molecule has 16 heavy (non-hydrogen) atoms. The van der Waals surface area contributed by atoms with E-state index in [9.17, 15) is 0 Å². The van der Waals surface area contributed by atoms with Crippen LogP contribution >= 0.6 is 0 Å². The van der Waals surface area contributed by atoms with Gasteiger partial charge in [0, 0.05) is 19.7 Å². The number of nitrogen functional groups attached to an aromatic ring is 1. The maximum absolute atomic E-state index is 5.97. The zero-order valence-electron chi connectivity index (χ0n) is 9.86. The molecule has 0 aromatic heterocycles. The maximum Gasteiger partial charge on any atom is 0.0608 e. The van der Waals surface area contributed by atoms with Gasteiger partial charge in [0.25, 0.3) is 0 Å². The first-order valence-corrected chi connectivity index (χ1v) is 6.02. The van der Waals surface area contributed by atoms with E-state index in [4.69, 9.17) is 10.5 Å². The molecule has 1 aromatic carbocycles. The van der Waals surface area contributed by atoms with Crippen LogP contribution in [0.4, 0.5) is 11.4 Å². The summed E-state index contributed by atoms with van der Waals surface area (Å²) in [4.78, 5) is 2.35. The van der Waals surface area contributed by atoms with Crippen LogP contribution in [0.25, 0.3) is 0 Å². The van der Waals surface area contributed by atoms with E-state index in [1.807, 2.05) is 18.2 Å². The molecule has 1 aliphatic rings. The first-order chi connectivity index (χ1) is 7.81. The Hall–Kier alpha value is -1.22. The predicted octanol–water partition coefficient (Wildman–Crippen LogP) is 2.27. The molecule has 0 spiro atoms. The minimum atomic E-state index is 0.436. The molecule has 3 nitrogen and oxygen atoms in total. The highest BCUT2D eigenvalue weighted by Crippen LogP contribution is 2.26. The summed E-state index contributed by atoms with van der Waals surface area (Å²) in [5.41, 5.74) is 8.01. The van der Waals surface area contributed by atoms with Gasteiger partial charge >= 0.3 is 0 Å². The van der Waals surface area contributed by atoms with Crippen LogP contribution in [0, 0.1) is 0 Å². The monoisotopic (exact) mass is 220 g/mol. The summed E-state index contributed by atoms with van der Waals surface area (Å²) >= 11 is 0. The molecule has 3 heteroatoms. The van der Waals surface area contributed by atoms with Gasteiger partial charge in [0.05, 0.1) is 17.5 Å². The molecule has 1 fully saturated rings. The van der Waals surface area contributed by atoms with Crippen molar-refractivity contribution in [2.75, 3.05) is 30.3 Å². The fourth-order valence-electron chi connectivity index (χ4n) is 2.27. The smallest absolute Gasteiger partial charge is 0.0608 e. The van der Waals surface area contributed by atoms with E-state index in [1.165, 1.54) is 0 Å². The van der Waals surface area contributed by atoms with Crippen molar-refractivity contribution in [1.82, 2.24) is 0 Å². The summed E-state index contributed by atoms with van der Waals surface area (Å²) in [6, 6.07) is 8.08. The Morgan fingerprint density at radius 1 is 1.31 bits per heavy atom. The second kappa shape index (κ2) is 5.21. The topological polar surface area (TPSA) is 38.5 Å². The number of nitrogens with two attached hydrogens (primary N) is 1. The van der Waals surface area contributed by atoms with Crippen LogP contribution in [0.1, 0.15) is 19.8 Å². The molecule has 1 heterocycles. The highest BCUT2D eigenvalue weighted by molar-refractivity contribution is 5.67. The zero-order chi connectivity index (χ0) is 11.4. The molecule has 0 atom stereocenters. The van der Waals surface area contributed by atoms with Crippen molar-refractivity contribution in [3.8, 4) is 0 Å². The van der Waals surface area contributed by atoms with Crippen molar-refractivity contribution in [2.24, 2.45) is 0 Å². The number of ether oxygens (including phenoxy) is 1. The summed E-state index contributed by atoms with van der Waals surface area (Å²) < 4.78 is 5.64. The van der Waals surface area contributed by atoms with Crippen LogP contribution in [0.3, 0.4) is 0 Å². The maximum atomic E-state index is 5.97. The molecule has 0 radical (unpaired) electrons. The van der Waals surface area contributed by atoms with Crippen molar-refractivity contribution in [2.45, 2.75) is 25.9 Å². The van der Waals surface area contributed by atoms with Crippen molar-refractivity contribution >= 4 is 11.4 Å². The molecule has 1 aliphatic heterocycles. The number of benzene rings is 1. The van der Waals surface area contributed by atoms with E-state index in [2.05, 4.69) is 17.9 Å². The van der Waals surface area contributed by atoms with Crippen molar-refractivity contribution < 1.29 is 4.74 Å². The Morgan fingerprint density at radius 3 is 2.62 bits per heavy atom. The fourth-order valence-corrected chi connectivity index (χ4v) is 2.27. The number of hydrogen-bond acceptors (Lipinski definition) is 3. The third kappa shape index (κ3) is 2.47. The molecular formula is C13H20N2O. The Labute approximate surface area is 97.2 Å². The largest absolute Gasteiger partial charge is 0.397 e. The van der Waals surface area contributed by atoms with Gasteiger partial charge < -0.3 is 15.4 Å². The van der Waals surface area contributed by atoms with Crippen LogP contribution in [0.2, 0.25) is 0 Å². The molecule has 2 N–H and O–H groups in total. The normalized spacial score (nSPS) is 17.7. The van der Waals surface area contributed by atoms with E-state index >= 15 is 0 Å². The predicted molar refractivity (Wildman–Crippen MR) is 67.7 cm³/mol. The Morgan fingerprint density at radius 2 is 2.00 bits per heavy atom. The Bertz CT molecular complexity index is 332. The number of hydrogen-bond donors (Lipinski definition) is 1. The SMILES string of the molecule is CCOC1CCN(c2ccccc2N)CC1. The Kier molecular flexibility index (Phi) is 3.67. The third-order valence-electron chi connectivity index (χ3n) is 3.12. The van der Waals surface area contributed by atoms with Crippen molar-refractivity contribution in [1.29, 1.82) is 0 Å². The van der Waals surface area contributed by atoms with Crippen LogP contribution in [0.15, 0.2) is 24.3 Å². The van der Waals surface area contributed by atoms with Gasteiger partial charge in [-0.2, -0.15) is 0 Å². The second-order valence-corrected chi connectivity index (χ2v) is 4.20. The van der Waals surface area contributed by atoms with Gasteiger partial charge in [0.2, 0.25) is 0 Å². The minimum absolute atomic E-state index is 0.436. The zero-order valence-corrected chi connectivity index (χ0v) is 9.86. The quantitative estimate of drug-likeness (QED) is 0.794. The number of piperidine rings is 1. The molecular weight excluding hydrogens is 200 g/mol. The van der Waals surface area contributed by atoms with Gasteiger partial charge in [0.15, 0.2) is 0 Å². The number of rotatable bonds is 3. The van der Waals surface area contributed by atoms with E-state index in [1.54, 1.807) is 0 Å².